The number of hydrogen-bond donors (Lipinski definition) is 1. The lowest BCUT2D eigenvalue weighted by molar-refractivity contribution is 0.477. The molecule has 1 N–H and O–H groups in total. The third-order valence-electron chi connectivity index (χ3n) is 7.87. The Bertz CT molecular complexity index is 2240. The van der Waals surface area contributed by atoms with Crippen molar-refractivity contribution < 1.29 is 9.52 Å². The summed E-state index contributed by atoms with van der Waals surface area (Å²) in [5, 5.41) is 13.6. The first-order valence-corrected chi connectivity index (χ1v) is 14.4. The van der Waals surface area contributed by atoms with Crippen LogP contribution in [0.4, 0.5) is 0 Å². The van der Waals surface area contributed by atoms with Crippen molar-refractivity contribution in [2.24, 2.45) is 0 Å². The molecule has 8 aromatic rings. The molecule has 0 aliphatic carbocycles. The Morgan fingerprint density at radius 3 is 1.66 bits per heavy atom. The van der Waals surface area contributed by atoms with E-state index in [4.69, 9.17) is 19.4 Å². The van der Waals surface area contributed by atoms with E-state index < -0.39 is 0 Å². The summed E-state index contributed by atoms with van der Waals surface area (Å²) in [7, 11) is 0. The van der Waals surface area contributed by atoms with Gasteiger partial charge in [0.15, 0.2) is 17.5 Å². The van der Waals surface area contributed by atoms with Crippen molar-refractivity contribution in [3.05, 3.63) is 146 Å². The molecule has 0 saturated heterocycles. The number of phenols is 1. The molecular formula is C39H25N3O2. The summed E-state index contributed by atoms with van der Waals surface area (Å²) < 4.78 is 6.41. The molecule has 0 aliphatic heterocycles. The van der Waals surface area contributed by atoms with Crippen LogP contribution < -0.4 is 0 Å². The second-order valence-corrected chi connectivity index (χ2v) is 10.6. The number of fused-ring (bicyclic) bond motifs is 3. The number of furan rings is 1. The first-order valence-electron chi connectivity index (χ1n) is 14.4. The summed E-state index contributed by atoms with van der Waals surface area (Å²) in [6.07, 6.45) is 0. The minimum atomic E-state index is 0.134. The van der Waals surface area contributed by atoms with E-state index in [0.29, 0.717) is 28.6 Å². The summed E-state index contributed by atoms with van der Waals surface area (Å²) in [6.45, 7) is 0. The van der Waals surface area contributed by atoms with E-state index >= 15 is 0 Å². The lowest BCUT2D eigenvalue weighted by Gasteiger charge is -2.16. The van der Waals surface area contributed by atoms with Crippen molar-refractivity contribution in [1.29, 1.82) is 0 Å². The molecule has 0 atom stereocenters. The zero-order chi connectivity index (χ0) is 29.5. The van der Waals surface area contributed by atoms with Gasteiger partial charge in [-0.1, -0.05) is 133 Å². The highest BCUT2D eigenvalue weighted by atomic mass is 16.3. The Balaban J connectivity index is 1.37. The van der Waals surface area contributed by atoms with Crippen LogP contribution in [0.3, 0.4) is 0 Å². The maximum atomic E-state index is 11.5. The number of nitrogens with zero attached hydrogens (tertiary/aromatic N) is 3. The molecule has 5 nitrogen and oxygen atoms in total. The molecule has 2 aromatic heterocycles. The molecule has 0 fully saturated rings. The van der Waals surface area contributed by atoms with Crippen LogP contribution in [0.15, 0.2) is 150 Å². The molecule has 2 heterocycles. The zero-order valence-corrected chi connectivity index (χ0v) is 23.6. The highest BCUT2D eigenvalue weighted by molar-refractivity contribution is 6.11. The lowest BCUT2D eigenvalue weighted by Crippen LogP contribution is -2.01. The highest BCUT2D eigenvalue weighted by Crippen LogP contribution is 2.45. The zero-order valence-electron chi connectivity index (χ0n) is 23.6. The van der Waals surface area contributed by atoms with E-state index in [9.17, 15) is 5.11 Å². The average molecular weight is 568 g/mol. The quantitative estimate of drug-likeness (QED) is 0.224. The first-order chi connectivity index (χ1) is 21.7. The van der Waals surface area contributed by atoms with Crippen molar-refractivity contribution in [1.82, 2.24) is 15.0 Å². The largest absolute Gasteiger partial charge is 0.507 e. The summed E-state index contributed by atoms with van der Waals surface area (Å²) in [5.74, 6) is 1.73. The Morgan fingerprint density at radius 2 is 0.932 bits per heavy atom. The average Bonchev–Trinajstić information content (AvgIpc) is 3.48. The summed E-state index contributed by atoms with van der Waals surface area (Å²) in [6, 6.07) is 47.6. The van der Waals surface area contributed by atoms with Gasteiger partial charge >= 0.3 is 0 Å². The van der Waals surface area contributed by atoms with Crippen LogP contribution in [0, 0.1) is 0 Å². The predicted octanol–water partition coefficient (Wildman–Crippen LogP) is 9.81. The van der Waals surface area contributed by atoms with Crippen LogP contribution in [-0.4, -0.2) is 20.1 Å². The van der Waals surface area contributed by atoms with Crippen LogP contribution in [0.2, 0.25) is 0 Å². The van der Waals surface area contributed by atoms with Gasteiger partial charge in [-0.3, -0.25) is 0 Å². The number of phenolic OH excluding ortho intramolecular Hbond substituents is 1. The van der Waals surface area contributed by atoms with E-state index in [0.717, 1.165) is 49.8 Å². The fourth-order valence-electron chi connectivity index (χ4n) is 5.83. The molecule has 5 heteroatoms. The van der Waals surface area contributed by atoms with Gasteiger partial charge in [-0.15, -0.1) is 0 Å². The summed E-state index contributed by atoms with van der Waals surface area (Å²) in [5.41, 5.74) is 7.45. The van der Waals surface area contributed by atoms with Crippen molar-refractivity contribution in [3.63, 3.8) is 0 Å². The van der Waals surface area contributed by atoms with Gasteiger partial charge in [0.05, 0.1) is 0 Å². The predicted molar refractivity (Wildman–Crippen MR) is 176 cm³/mol. The third-order valence-corrected chi connectivity index (χ3v) is 7.87. The topological polar surface area (TPSA) is 72.0 Å². The lowest BCUT2D eigenvalue weighted by atomic mass is 9.90. The SMILES string of the molecule is Oc1cccc(-c2nc(-c3ccccc3)nc(-c3ccccc3)n2)c1-c1ccccc1-c1cccc2c1oc1ccccc12. The molecule has 8 rings (SSSR count). The minimum absolute atomic E-state index is 0.134. The number of aromatic nitrogens is 3. The van der Waals surface area contributed by atoms with Gasteiger partial charge < -0.3 is 9.52 Å². The van der Waals surface area contributed by atoms with Crippen LogP contribution in [0.25, 0.3) is 78.4 Å². The molecule has 208 valence electrons. The molecule has 6 aromatic carbocycles. The molecule has 0 aliphatic rings. The van der Waals surface area contributed by atoms with Gasteiger partial charge in [0.2, 0.25) is 0 Å². The van der Waals surface area contributed by atoms with Gasteiger partial charge in [0.1, 0.15) is 16.9 Å². The van der Waals surface area contributed by atoms with E-state index in [1.165, 1.54) is 0 Å². The molecular weight excluding hydrogens is 542 g/mol. The van der Waals surface area contributed by atoms with Crippen molar-refractivity contribution in [2.45, 2.75) is 0 Å². The summed E-state index contributed by atoms with van der Waals surface area (Å²) in [4.78, 5) is 14.8. The number of hydrogen-bond acceptors (Lipinski definition) is 5. The van der Waals surface area contributed by atoms with Crippen LogP contribution >= 0.6 is 0 Å². The third kappa shape index (κ3) is 4.39. The smallest absolute Gasteiger partial charge is 0.164 e. The Morgan fingerprint density at radius 1 is 0.409 bits per heavy atom. The van der Waals surface area contributed by atoms with E-state index in [1.807, 2.05) is 115 Å². The second-order valence-electron chi connectivity index (χ2n) is 10.6. The second kappa shape index (κ2) is 10.6. The molecule has 0 spiro atoms. The fraction of sp³-hybridized carbons (Fsp3) is 0. The highest BCUT2D eigenvalue weighted by Gasteiger charge is 2.22. The first kappa shape index (κ1) is 25.6. The van der Waals surface area contributed by atoms with Crippen molar-refractivity contribution in [3.8, 4) is 62.2 Å². The van der Waals surface area contributed by atoms with E-state index in [1.54, 1.807) is 6.07 Å². The Kier molecular flexibility index (Phi) is 6.20. The summed E-state index contributed by atoms with van der Waals surface area (Å²) >= 11 is 0. The molecule has 0 amide bonds. The van der Waals surface area contributed by atoms with Gasteiger partial charge in [-0.05, 0) is 23.3 Å². The molecule has 0 radical (unpaired) electrons. The standard InChI is InChI=1S/C39H25N3O2/c43-33-23-12-22-32(39-41-37(25-13-3-1-4-14-25)40-38(42-39)26-15-5-2-6-16-26)35(33)29-19-8-7-17-27(29)30-20-11-21-31-28-18-9-10-24-34(28)44-36(30)31/h1-24,43H. The van der Waals surface area contributed by atoms with Gasteiger partial charge in [0, 0.05) is 38.6 Å². The van der Waals surface area contributed by atoms with Crippen LogP contribution in [-0.2, 0) is 0 Å². The normalized spacial score (nSPS) is 11.3. The van der Waals surface area contributed by atoms with Crippen LogP contribution in [0.5, 0.6) is 5.75 Å². The molecule has 0 unspecified atom stereocenters. The Hall–Kier alpha value is -6.07. The Labute approximate surface area is 253 Å². The van der Waals surface area contributed by atoms with E-state index in [2.05, 4.69) is 24.3 Å². The fourth-order valence-corrected chi connectivity index (χ4v) is 5.83. The van der Waals surface area contributed by atoms with Gasteiger partial charge in [0.25, 0.3) is 0 Å². The number of rotatable bonds is 5. The molecule has 44 heavy (non-hydrogen) atoms. The number of para-hydroxylation sites is 2. The van der Waals surface area contributed by atoms with Crippen LogP contribution in [0.1, 0.15) is 0 Å². The number of benzene rings is 6. The van der Waals surface area contributed by atoms with Gasteiger partial charge in [-0.25, -0.2) is 15.0 Å². The van der Waals surface area contributed by atoms with Gasteiger partial charge in [-0.2, -0.15) is 0 Å². The minimum Gasteiger partial charge on any atom is -0.507 e. The number of aromatic hydroxyl groups is 1. The monoisotopic (exact) mass is 567 g/mol. The molecule has 0 saturated carbocycles. The maximum absolute atomic E-state index is 11.5. The van der Waals surface area contributed by atoms with Crippen molar-refractivity contribution >= 4 is 21.9 Å². The maximum Gasteiger partial charge on any atom is 0.164 e. The van der Waals surface area contributed by atoms with Crippen molar-refractivity contribution in [2.75, 3.05) is 0 Å². The molecule has 0 bridgehead atoms. The van der Waals surface area contributed by atoms with E-state index in [-0.39, 0.29) is 5.75 Å².